The Kier molecular flexibility index (Phi) is 9.25. The van der Waals surface area contributed by atoms with Crippen LogP contribution in [0.3, 0.4) is 0 Å². The minimum absolute atomic E-state index is 0.0270. The largest absolute Gasteiger partial charge is 0.459 e. The highest BCUT2D eigenvalue weighted by atomic mass is 28.3. The van der Waals surface area contributed by atoms with Gasteiger partial charge in [-0.1, -0.05) is 110 Å². The molecule has 2 fully saturated rings. The third-order valence-corrected chi connectivity index (χ3v) is 13.8. The molecule has 6 heteroatoms. The summed E-state index contributed by atoms with van der Waals surface area (Å²) in [6.45, 7) is 15.9. The maximum absolute atomic E-state index is 13.6. The summed E-state index contributed by atoms with van der Waals surface area (Å²) in [5.41, 5.74) is 0.957. The molecule has 1 aliphatic carbocycles. The first-order valence-electron chi connectivity index (χ1n) is 13.6. The Hall–Kier alpha value is -1.66. The highest BCUT2D eigenvalue weighted by molar-refractivity contribution is 6.80. The van der Waals surface area contributed by atoms with E-state index >= 15 is 0 Å². The Labute approximate surface area is 214 Å². The number of carbonyl (C=O) groups is 2. The van der Waals surface area contributed by atoms with Crippen molar-refractivity contribution < 1.29 is 19.1 Å². The van der Waals surface area contributed by atoms with E-state index in [0.29, 0.717) is 18.3 Å². The van der Waals surface area contributed by atoms with Gasteiger partial charge in [0.2, 0.25) is 5.91 Å². The first kappa shape index (κ1) is 27.9. The number of hydrogen-bond donors (Lipinski definition) is 0. The van der Waals surface area contributed by atoms with Gasteiger partial charge in [0.15, 0.2) is 20.4 Å². The SMILES string of the molecule is CC(C)C[C@H]1[C@H](O[C@@H](CC2CCCCC2)C(=O)OCc2ccccc2)C(=O)N1[Si](C)(C)C(C)(C)C. The van der Waals surface area contributed by atoms with Gasteiger partial charge in [-0.15, -0.1) is 0 Å². The first-order valence-corrected chi connectivity index (χ1v) is 16.6. The van der Waals surface area contributed by atoms with E-state index in [1.807, 2.05) is 30.3 Å². The molecule has 1 saturated heterocycles. The second-order valence-corrected chi connectivity index (χ2v) is 17.7. The van der Waals surface area contributed by atoms with Crippen LogP contribution in [0.4, 0.5) is 0 Å². The molecule has 0 aromatic heterocycles. The van der Waals surface area contributed by atoms with Gasteiger partial charge >= 0.3 is 5.97 Å². The predicted molar refractivity (Wildman–Crippen MR) is 143 cm³/mol. The van der Waals surface area contributed by atoms with Crippen LogP contribution in [0.5, 0.6) is 0 Å². The van der Waals surface area contributed by atoms with Crippen molar-refractivity contribution in [3.05, 3.63) is 35.9 Å². The fourth-order valence-corrected chi connectivity index (χ4v) is 7.83. The predicted octanol–water partition coefficient (Wildman–Crippen LogP) is 6.72. The molecule has 3 rings (SSSR count). The number of nitrogens with zero attached hydrogens (tertiary/aromatic N) is 1. The number of benzene rings is 1. The van der Waals surface area contributed by atoms with Gasteiger partial charge in [-0.25, -0.2) is 4.79 Å². The van der Waals surface area contributed by atoms with Gasteiger partial charge in [0, 0.05) is 0 Å². The van der Waals surface area contributed by atoms with Crippen molar-refractivity contribution in [1.82, 2.24) is 4.57 Å². The van der Waals surface area contributed by atoms with E-state index in [-0.39, 0.29) is 29.6 Å². The third-order valence-electron chi connectivity index (χ3n) is 8.38. The Morgan fingerprint density at radius 2 is 1.69 bits per heavy atom. The fraction of sp³-hybridized carbons (Fsp3) is 0.724. The summed E-state index contributed by atoms with van der Waals surface area (Å²) in [5.74, 6) is 0.620. The summed E-state index contributed by atoms with van der Waals surface area (Å²) < 4.78 is 14.3. The second-order valence-electron chi connectivity index (χ2n) is 12.6. The van der Waals surface area contributed by atoms with Crippen molar-refractivity contribution in [2.24, 2.45) is 11.8 Å². The summed E-state index contributed by atoms with van der Waals surface area (Å²) in [4.78, 5) is 26.8. The second kappa shape index (κ2) is 11.6. The van der Waals surface area contributed by atoms with E-state index in [1.54, 1.807) is 0 Å². The fourth-order valence-electron chi connectivity index (χ4n) is 5.36. The molecule has 1 saturated carbocycles. The normalized spacial score (nSPS) is 22.7. The quantitative estimate of drug-likeness (QED) is 0.203. The molecule has 0 unspecified atom stereocenters. The lowest BCUT2D eigenvalue weighted by atomic mass is 9.85. The van der Waals surface area contributed by atoms with E-state index in [1.165, 1.54) is 19.3 Å². The topological polar surface area (TPSA) is 55.8 Å². The van der Waals surface area contributed by atoms with Crippen molar-refractivity contribution in [1.29, 1.82) is 0 Å². The Morgan fingerprint density at radius 3 is 2.26 bits per heavy atom. The van der Waals surface area contributed by atoms with Crippen molar-refractivity contribution >= 4 is 20.1 Å². The van der Waals surface area contributed by atoms with E-state index in [9.17, 15) is 9.59 Å². The molecular weight excluding hydrogens is 454 g/mol. The molecule has 1 aliphatic heterocycles. The molecule has 1 aromatic rings. The molecule has 1 aromatic carbocycles. The number of carbonyl (C=O) groups excluding carboxylic acids is 2. The van der Waals surface area contributed by atoms with Crippen LogP contribution in [0.25, 0.3) is 0 Å². The van der Waals surface area contributed by atoms with Gasteiger partial charge in [0.25, 0.3) is 0 Å². The number of ether oxygens (including phenoxy) is 2. The van der Waals surface area contributed by atoms with Gasteiger partial charge in [-0.05, 0) is 35.3 Å². The van der Waals surface area contributed by atoms with E-state index in [0.717, 1.165) is 24.8 Å². The number of rotatable bonds is 10. The lowest BCUT2D eigenvalue weighted by Crippen LogP contribution is -2.76. The van der Waals surface area contributed by atoms with Crippen LogP contribution >= 0.6 is 0 Å². The molecule has 0 spiro atoms. The van der Waals surface area contributed by atoms with Gasteiger partial charge in [0.1, 0.15) is 6.61 Å². The molecule has 0 bridgehead atoms. The molecular formula is C29H47NO4Si. The lowest BCUT2D eigenvalue weighted by molar-refractivity contribution is -0.185. The van der Waals surface area contributed by atoms with E-state index < -0.39 is 20.4 Å². The van der Waals surface area contributed by atoms with Gasteiger partial charge < -0.3 is 14.0 Å². The number of amides is 1. The van der Waals surface area contributed by atoms with Gasteiger partial charge in [-0.2, -0.15) is 0 Å². The average Bonchev–Trinajstić information content (AvgIpc) is 2.80. The highest BCUT2D eigenvalue weighted by Crippen LogP contribution is 2.45. The maximum Gasteiger partial charge on any atom is 0.335 e. The summed E-state index contributed by atoms with van der Waals surface area (Å²) in [5, 5.41) is 0.0545. The molecule has 0 radical (unpaired) electrons. The molecule has 5 nitrogen and oxygen atoms in total. The first-order chi connectivity index (χ1) is 16.4. The van der Waals surface area contributed by atoms with Crippen molar-refractivity contribution in [2.45, 2.75) is 123 Å². The van der Waals surface area contributed by atoms with Gasteiger partial charge in [-0.3, -0.25) is 4.79 Å². The van der Waals surface area contributed by atoms with Crippen molar-refractivity contribution in [3.63, 3.8) is 0 Å². The third kappa shape index (κ3) is 6.76. The molecule has 0 N–H and O–H groups in total. The molecule has 35 heavy (non-hydrogen) atoms. The summed E-state index contributed by atoms with van der Waals surface area (Å²) in [7, 11) is -2.05. The van der Waals surface area contributed by atoms with Crippen LogP contribution in [0.1, 0.15) is 85.1 Å². The number of hydrogen-bond acceptors (Lipinski definition) is 4. The highest BCUT2D eigenvalue weighted by Gasteiger charge is 2.58. The number of β-lactam (4-membered cyclic amide) rings is 1. The van der Waals surface area contributed by atoms with Crippen molar-refractivity contribution in [2.75, 3.05) is 0 Å². The Morgan fingerprint density at radius 1 is 1.06 bits per heavy atom. The van der Waals surface area contributed by atoms with E-state index in [2.05, 4.69) is 52.3 Å². The van der Waals surface area contributed by atoms with Crippen LogP contribution in [0.15, 0.2) is 30.3 Å². The standard InChI is InChI=1S/C29H47NO4Si/c1-21(2)18-24-26(27(31)30(24)35(6,7)29(3,4)5)34-25(19-22-14-10-8-11-15-22)28(32)33-20-23-16-12-9-13-17-23/h9,12-13,16-17,21-22,24-26H,8,10-11,14-15,18-20H2,1-7H3/t24-,25-,26-/m0/s1. The zero-order chi connectivity index (χ0) is 25.8. The average molecular weight is 502 g/mol. The van der Waals surface area contributed by atoms with Crippen LogP contribution in [0, 0.1) is 11.8 Å². The van der Waals surface area contributed by atoms with Crippen molar-refractivity contribution in [3.8, 4) is 0 Å². The van der Waals surface area contributed by atoms with Crippen LogP contribution < -0.4 is 0 Å². The maximum atomic E-state index is 13.6. The Bertz CT molecular complexity index is 842. The molecule has 2 aliphatic rings. The minimum Gasteiger partial charge on any atom is -0.459 e. The van der Waals surface area contributed by atoms with Crippen LogP contribution in [-0.2, 0) is 25.7 Å². The zero-order valence-electron chi connectivity index (χ0n) is 23.0. The summed E-state index contributed by atoms with van der Waals surface area (Å²) in [6, 6.07) is 9.77. The monoisotopic (exact) mass is 501 g/mol. The summed E-state index contributed by atoms with van der Waals surface area (Å²) in [6.07, 6.45) is 6.20. The smallest absolute Gasteiger partial charge is 0.335 e. The zero-order valence-corrected chi connectivity index (χ0v) is 24.0. The number of esters is 1. The molecule has 1 amide bonds. The summed E-state index contributed by atoms with van der Waals surface area (Å²) >= 11 is 0. The van der Waals surface area contributed by atoms with Crippen LogP contribution in [0.2, 0.25) is 18.1 Å². The molecule has 3 atom stereocenters. The Balaban J connectivity index is 1.77. The van der Waals surface area contributed by atoms with Crippen LogP contribution in [-0.4, -0.2) is 42.9 Å². The molecule has 196 valence electrons. The molecule has 1 heterocycles. The van der Waals surface area contributed by atoms with Gasteiger partial charge in [0.05, 0.1) is 6.04 Å². The minimum atomic E-state index is -2.05. The van der Waals surface area contributed by atoms with E-state index in [4.69, 9.17) is 9.47 Å². The lowest BCUT2D eigenvalue weighted by Gasteiger charge is -2.58.